The van der Waals surface area contributed by atoms with Gasteiger partial charge in [0.05, 0.1) is 22.8 Å². The Morgan fingerprint density at radius 1 is 0.778 bits per heavy atom. The van der Waals surface area contributed by atoms with E-state index in [4.69, 9.17) is 4.74 Å². The zero-order chi connectivity index (χ0) is 24.1. The van der Waals surface area contributed by atoms with Crippen molar-refractivity contribution >= 4 is 27.5 Å². The molecule has 0 spiro atoms. The number of pyridine rings is 1. The number of ether oxygens (including phenoxy) is 1. The molecule has 2 aliphatic rings. The zero-order valence-electron chi connectivity index (χ0n) is 19.8. The van der Waals surface area contributed by atoms with Gasteiger partial charge in [0.1, 0.15) is 17.3 Å². The lowest BCUT2D eigenvalue weighted by Crippen LogP contribution is -2.37. The third kappa shape index (κ3) is 3.33. The predicted molar refractivity (Wildman–Crippen MR) is 145 cm³/mol. The Kier molecular flexibility index (Phi) is 4.76. The average molecular weight is 469 g/mol. The van der Waals surface area contributed by atoms with Crippen molar-refractivity contribution in [1.29, 1.82) is 0 Å². The predicted octanol–water partition coefficient (Wildman–Crippen LogP) is 7.02. The van der Waals surface area contributed by atoms with Crippen LogP contribution in [-0.2, 0) is 0 Å². The number of hydrogen-bond donors (Lipinski definition) is 0. The number of rotatable bonds is 4. The Balaban J connectivity index is 1.27. The molecule has 1 aliphatic carbocycles. The lowest BCUT2D eigenvalue weighted by atomic mass is 10.0. The van der Waals surface area contributed by atoms with E-state index in [1.807, 2.05) is 42.6 Å². The molecule has 0 fully saturated rings. The summed E-state index contributed by atoms with van der Waals surface area (Å²) in [6.07, 6.45) is 12.6. The maximum Gasteiger partial charge on any atom is 0.137 e. The van der Waals surface area contributed by atoms with Gasteiger partial charge in [-0.3, -0.25) is 9.58 Å². The summed E-state index contributed by atoms with van der Waals surface area (Å²) >= 11 is 0. The van der Waals surface area contributed by atoms with E-state index in [9.17, 15) is 0 Å². The maximum absolute atomic E-state index is 6.40. The van der Waals surface area contributed by atoms with E-state index in [0.29, 0.717) is 0 Å². The Bertz CT molecular complexity index is 1700. The summed E-state index contributed by atoms with van der Waals surface area (Å²) in [6.45, 7) is 0. The molecule has 174 valence electrons. The molecule has 1 unspecified atom stereocenters. The Morgan fingerprint density at radius 3 is 2.53 bits per heavy atom. The monoisotopic (exact) mass is 468 g/mol. The summed E-state index contributed by atoms with van der Waals surface area (Å²) in [7, 11) is 2.11. The van der Waals surface area contributed by atoms with Crippen LogP contribution in [0.15, 0.2) is 127 Å². The highest BCUT2D eigenvalue weighted by molar-refractivity contribution is 6.09. The lowest BCUT2D eigenvalue weighted by Gasteiger charge is -2.29. The van der Waals surface area contributed by atoms with Gasteiger partial charge < -0.3 is 4.74 Å². The molecule has 1 aliphatic heterocycles. The molecule has 0 radical (unpaired) electrons. The van der Waals surface area contributed by atoms with Gasteiger partial charge in [-0.25, -0.2) is 9.99 Å². The van der Waals surface area contributed by atoms with Gasteiger partial charge in [0.15, 0.2) is 0 Å². The second-order valence-electron chi connectivity index (χ2n) is 9.06. The van der Waals surface area contributed by atoms with Crippen molar-refractivity contribution in [3.05, 3.63) is 127 Å². The van der Waals surface area contributed by atoms with Crippen LogP contribution in [0, 0.1) is 0 Å². The van der Waals surface area contributed by atoms with E-state index in [1.165, 1.54) is 16.3 Å². The zero-order valence-corrected chi connectivity index (χ0v) is 19.8. The fourth-order valence-corrected chi connectivity index (χ4v) is 5.20. The highest BCUT2D eigenvalue weighted by Gasteiger charge is 2.28. The minimum atomic E-state index is 0.260. The lowest BCUT2D eigenvalue weighted by molar-refractivity contribution is 0.339. The second-order valence-corrected chi connectivity index (χ2v) is 9.06. The van der Waals surface area contributed by atoms with E-state index in [-0.39, 0.29) is 6.04 Å². The molecule has 36 heavy (non-hydrogen) atoms. The van der Waals surface area contributed by atoms with E-state index < -0.39 is 0 Å². The SMILES string of the molecule is CN1C2C=CC=CC2=CN1c1cccc(Oc2ccc3c4ccccc4n(-c4ccccn4)c3c2)c1. The minimum Gasteiger partial charge on any atom is -0.457 e. The molecular weight excluding hydrogens is 444 g/mol. The molecule has 2 aromatic heterocycles. The van der Waals surface area contributed by atoms with Crippen LogP contribution in [0.1, 0.15) is 0 Å². The van der Waals surface area contributed by atoms with Crippen LogP contribution in [-0.4, -0.2) is 27.6 Å². The van der Waals surface area contributed by atoms with Crippen molar-refractivity contribution in [1.82, 2.24) is 14.6 Å². The van der Waals surface area contributed by atoms with Gasteiger partial charge in [-0.05, 0) is 48.0 Å². The summed E-state index contributed by atoms with van der Waals surface area (Å²) in [4.78, 5) is 4.63. The number of hydrogen-bond acceptors (Lipinski definition) is 4. The number of para-hydroxylation sites is 1. The molecule has 0 bridgehead atoms. The van der Waals surface area contributed by atoms with Crippen LogP contribution in [0.3, 0.4) is 0 Å². The van der Waals surface area contributed by atoms with Crippen LogP contribution >= 0.6 is 0 Å². The highest BCUT2D eigenvalue weighted by Crippen LogP contribution is 2.36. The number of fused-ring (bicyclic) bond motifs is 4. The fraction of sp³-hybridized carbons (Fsp3) is 0.0645. The van der Waals surface area contributed by atoms with Gasteiger partial charge in [0.2, 0.25) is 0 Å². The Morgan fingerprint density at radius 2 is 1.64 bits per heavy atom. The van der Waals surface area contributed by atoms with Crippen LogP contribution < -0.4 is 9.75 Å². The maximum atomic E-state index is 6.40. The van der Waals surface area contributed by atoms with Crippen LogP contribution in [0.5, 0.6) is 11.5 Å². The van der Waals surface area contributed by atoms with Crippen molar-refractivity contribution in [3.8, 4) is 17.3 Å². The molecule has 3 heterocycles. The third-order valence-corrected chi connectivity index (χ3v) is 6.89. The molecule has 5 nitrogen and oxygen atoms in total. The van der Waals surface area contributed by atoms with Gasteiger partial charge in [0, 0.05) is 42.3 Å². The van der Waals surface area contributed by atoms with E-state index in [0.717, 1.165) is 34.0 Å². The molecule has 0 saturated heterocycles. The van der Waals surface area contributed by atoms with Crippen LogP contribution in [0.25, 0.3) is 27.6 Å². The van der Waals surface area contributed by atoms with Crippen LogP contribution in [0.2, 0.25) is 0 Å². The number of benzene rings is 3. The first-order valence-corrected chi connectivity index (χ1v) is 12.1. The number of aromatic nitrogens is 2. The summed E-state index contributed by atoms with van der Waals surface area (Å²) in [5.41, 5.74) is 4.52. The number of hydrazine groups is 1. The summed E-state index contributed by atoms with van der Waals surface area (Å²) in [5, 5.41) is 6.77. The van der Waals surface area contributed by atoms with Gasteiger partial charge in [-0.1, -0.05) is 54.6 Å². The summed E-state index contributed by atoms with van der Waals surface area (Å²) < 4.78 is 8.60. The first-order chi connectivity index (χ1) is 17.8. The fourth-order valence-electron chi connectivity index (χ4n) is 5.20. The molecule has 5 heteroatoms. The number of nitrogens with zero attached hydrogens (tertiary/aromatic N) is 4. The molecular formula is C31H24N4O. The first kappa shape index (κ1) is 20.7. The van der Waals surface area contributed by atoms with E-state index in [2.05, 4.69) is 106 Å². The van der Waals surface area contributed by atoms with Crippen molar-refractivity contribution in [2.75, 3.05) is 12.1 Å². The van der Waals surface area contributed by atoms with Gasteiger partial charge >= 0.3 is 0 Å². The Hall–Kier alpha value is -4.61. The van der Waals surface area contributed by atoms with Crippen molar-refractivity contribution in [2.24, 2.45) is 0 Å². The number of allylic oxidation sites excluding steroid dienone is 2. The normalized spacial score (nSPS) is 17.1. The van der Waals surface area contributed by atoms with Crippen molar-refractivity contribution < 1.29 is 4.74 Å². The molecule has 3 aromatic carbocycles. The summed E-state index contributed by atoms with van der Waals surface area (Å²) in [5.74, 6) is 2.46. The van der Waals surface area contributed by atoms with E-state index in [1.54, 1.807) is 0 Å². The smallest absolute Gasteiger partial charge is 0.137 e. The largest absolute Gasteiger partial charge is 0.457 e. The third-order valence-electron chi connectivity index (χ3n) is 6.89. The Labute approximate surface area is 209 Å². The minimum absolute atomic E-state index is 0.260. The van der Waals surface area contributed by atoms with Crippen molar-refractivity contribution in [2.45, 2.75) is 6.04 Å². The average Bonchev–Trinajstić information content (AvgIpc) is 3.44. The highest BCUT2D eigenvalue weighted by atomic mass is 16.5. The number of likely N-dealkylation sites (N-methyl/N-ethyl adjacent to an activating group) is 1. The van der Waals surface area contributed by atoms with Gasteiger partial charge in [0.25, 0.3) is 0 Å². The van der Waals surface area contributed by atoms with Gasteiger partial charge in [-0.2, -0.15) is 0 Å². The molecule has 0 saturated carbocycles. The van der Waals surface area contributed by atoms with Crippen molar-refractivity contribution in [3.63, 3.8) is 0 Å². The van der Waals surface area contributed by atoms with Gasteiger partial charge in [-0.15, -0.1) is 0 Å². The molecule has 0 amide bonds. The second kappa shape index (κ2) is 8.26. The molecule has 7 rings (SSSR count). The molecule has 1 atom stereocenters. The standard InChI is InChI=1S/C31H24N4O/c1-33-28-13-4-2-9-22(28)21-34(33)23-10-8-11-24(19-23)36-25-16-17-27-26-12-3-5-14-29(26)35(30(27)20-25)31-15-6-7-18-32-31/h2-21,28H,1H3. The quantitative estimate of drug-likeness (QED) is 0.284. The summed E-state index contributed by atoms with van der Waals surface area (Å²) in [6, 6.07) is 29.2. The first-order valence-electron chi connectivity index (χ1n) is 12.1. The molecule has 0 N–H and O–H groups in total. The molecule has 5 aromatic rings. The van der Waals surface area contributed by atoms with E-state index >= 15 is 0 Å². The topological polar surface area (TPSA) is 33.5 Å². The number of anilines is 1. The van der Waals surface area contributed by atoms with Crippen LogP contribution in [0.4, 0.5) is 5.69 Å².